The molecule has 0 aromatic rings. The SMILES string of the molecule is CCCC(C)(N)C1(O)CCN(C2CC2)CC1. The molecule has 94 valence electrons. The lowest BCUT2D eigenvalue weighted by Crippen LogP contribution is -2.62. The highest BCUT2D eigenvalue weighted by Gasteiger charge is 2.46. The lowest BCUT2D eigenvalue weighted by molar-refractivity contribution is -0.0787. The van der Waals surface area contributed by atoms with E-state index < -0.39 is 11.1 Å². The van der Waals surface area contributed by atoms with Gasteiger partial charge in [0.05, 0.1) is 5.60 Å². The Labute approximate surface area is 99.0 Å². The van der Waals surface area contributed by atoms with E-state index in [0.29, 0.717) is 0 Å². The Morgan fingerprint density at radius 1 is 1.38 bits per heavy atom. The molecule has 0 radical (unpaired) electrons. The third-order valence-electron chi connectivity index (χ3n) is 4.52. The number of aliphatic hydroxyl groups is 1. The normalized spacial score (nSPS) is 30.0. The van der Waals surface area contributed by atoms with Crippen molar-refractivity contribution in [2.24, 2.45) is 5.73 Å². The second-order valence-electron chi connectivity index (χ2n) is 5.97. The first kappa shape index (κ1) is 12.3. The molecule has 0 aromatic heterocycles. The van der Waals surface area contributed by atoms with E-state index in [-0.39, 0.29) is 0 Å². The molecule has 1 atom stereocenters. The van der Waals surface area contributed by atoms with Crippen LogP contribution in [0, 0.1) is 0 Å². The molecule has 0 spiro atoms. The second kappa shape index (κ2) is 4.28. The van der Waals surface area contributed by atoms with E-state index in [0.717, 1.165) is 44.8 Å². The van der Waals surface area contributed by atoms with Gasteiger partial charge in [0, 0.05) is 24.7 Å². The summed E-state index contributed by atoms with van der Waals surface area (Å²) >= 11 is 0. The third kappa shape index (κ3) is 2.27. The summed E-state index contributed by atoms with van der Waals surface area (Å²) in [6, 6.07) is 0.819. The van der Waals surface area contributed by atoms with Crippen molar-refractivity contribution < 1.29 is 5.11 Å². The molecule has 0 bridgehead atoms. The Balaban J connectivity index is 1.93. The van der Waals surface area contributed by atoms with Gasteiger partial charge in [0.2, 0.25) is 0 Å². The van der Waals surface area contributed by atoms with Crippen LogP contribution in [0.2, 0.25) is 0 Å². The third-order valence-corrected chi connectivity index (χ3v) is 4.52. The average molecular weight is 226 g/mol. The van der Waals surface area contributed by atoms with Gasteiger partial charge in [0.25, 0.3) is 0 Å². The van der Waals surface area contributed by atoms with Crippen LogP contribution in [0.5, 0.6) is 0 Å². The van der Waals surface area contributed by atoms with E-state index in [2.05, 4.69) is 11.8 Å². The Morgan fingerprint density at radius 3 is 2.38 bits per heavy atom. The predicted molar refractivity (Wildman–Crippen MR) is 66.3 cm³/mol. The van der Waals surface area contributed by atoms with Crippen LogP contribution in [-0.4, -0.2) is 40.3 Å². The van der Waals surface area contributed by atoms with Crippen molar-refractivity contribution in [1.29, 1.82) is 0 Å². The van der Waals surface area contributed by atoms with Crippen LogP contribution < -0.4 is 5.73 Å². The quantitative estimate of drug-likeness (QED) is 0.763. The van der Waals surface area contributed by atoms with Gasteiger partial charge >= 0.3 is 0 Å². The molecule has 3 nitrogen and oxygen atoms in total. The van der Waals surface area contributed by atoms with Crippen molar-refractivity contribution in [3.63, 3.8) is 0 Å². The Bertz CT molecular complexity index is 240. The highest BCUT2D eigenvalue weighted by Crippen LogP contribution is 2.37. The number of likely N-dealkylation sites (tertiary alicyclic amines) is 1. The molecule has 1 saturated heterocycles. The first-order valence-electron chi connectivity index (χ1n) is 6.74. The molecule has 1 heterocycles. The van der Waals surface area contributed by atoms with Crippen LogP contribution >= 0.6 is 0 Å². The first-order valence-corrected chi connectivity index (χ1v) is 6.74. The fourth-order valence-electron chi connectivity index (χ4n) is 3.02. The Morgan fingerprint density at radius 2 is 1.94 bits per heavy atom. The summed E-state index contributed by atoms with van der Waals surface area (Å²) in [6.45, 7) is 6.20. The molecule has 2 aliphatic rings. The van der Waals surface area contributed by atoms with Gasteiger partial charge in [-0.25, -0.2) is 0 Å². The minimum absolute atomic E-state index is 0.419. The predicted octanol–water partition coefficient (Wildman–Crippen LogP) is 1.49. The highest BCUT2D eigenvalue weighted by atomic mass is 16.3. The molecular weight excluding hydrogens is 200 g/mol. The standard InChI is InChI=1S/C13H26N2O/c1-3-6-12(2,14)13(16)7-9-15(10-8-13)11-4-5-11/h11,16H,3-10,14H2,1-2H3. The first-order chi connectivity index (χ1) is 7.48. The maximum absolute atomic E-state index is 10.7. The van der Waals surface area contributed by atoms with E-state index >= 15 is 0 Å². The van der Waals surface area contributed by atoms with Gasteiger partial charge in [-0.15, -0.1) is 0 Å². The van der Waals surface area contributed by atoms with Crippen molar-refractivity contribution in [2.75, 3.05) is 13.1 Å². The summed E-state index contributed by atoms with van der Waals surface area (Å²) in [5, 5.41) is 10.7. The van der Waals surface area contributed by atoms with Crippen LogP contribution in [0.25, 0.3) is 0 Å². The molecule has 0 aromatic carbocycles. The van der Waals surface area contributed by atoms with Gasteiger partial charge < -0.3 is 15.7 Å². The van der Waals surface area contributed by atoms with E-state index in [4.69, 9.17) is 5.73 Å². The minimum Gasteiger partial charge on any atom is -0.388 e. The molecule has 3 N–H and O–H groups in total. The van der Waals surface area contributed by atoms with E-state index in [9.17, 15) is 5.11 Å². The number of nitrogens with zero attached hydrogens (tertiary/aromatic N) is 1. The molecule has 16 heavy (non-hydrogen) atoms. The van der Waals surface area contributed by atoms with Crippen LogP contribution in [-0.2, 0) is 0 Å². The van der Waals surface area contributed by atoms with Crippen LogP contribution in [0.15, 0.2) is 0 Å². The Hall–Kier alpha value is -0.120. The molecule has 3 heteroatoms. The van der Waals surface area contributed by atoms with Crippen LogP contribution in [0.1, 0.15) is 52.4 Å². The number of rotatable bonds is 4. The zero-order valence-electron chi connectivity index (χ0n) is 10.7. The lowest BCUT2D eigenvalue weighted by Gasteiger charge is -2.47. The van der Waals surface area contributed by atoms with Crippen LogP contribution in [0.3, 0.4) is 0 Å². The number of hydrogen-bond donors (Lipinski definition) is 2. The summed E-state index contributed by atoms with van der Waals surface area (Å²) in [5.41, 5.74) is 5.24. The van der Waals surface area contributed by atoms with E-state index in [1.165, 1.54) is 12.8 Å². The van der Waals surface area contributed by atoms with Gasteiger partial charge in [0.1, 0.15) is 0 Å². The van der Waals surface area contributed by atoms with Crippen molar-refractivity contribution in [3.8, 4) is 0 Å². The molecule has 1 unspecified atom stereocenters. The number of nitrogens with two attached hydrogens (primary N) is 1. The maximum atomic E-state index is 10.7. The molecule has 2 rings (SSSR count). The van der Waals surface area contributed by atoms with Gasteiger partial charge in [-0.3, -0.25) is 0 Å². The molecule has 2 fully saturated rings. The van der Waals surface area contributed by atoms with Gasteiger partial charge in [-0.05, 0) is 39.0 Å². The lowest BCUT2D eigenvalue weighted by atomic mass is 9.73. The fourth-order valence-corrected chi connectivity index (χ4v) is 3.02. The minimum atomic E-state index is -0.644. The topological polar surface area (TPSA) is 49.5 Å². The van der Waals surface area contributed by atoms with E-state index in [1.54, 1.807) is 0 Å². The van der Waals surface area contributed by atoms with Crippen molar-refractivity contribution in [3.05, 3.63) is 0 Å². The zero-order chi connectivity index (χ0) is 11.8. The van der Waals surface area contributed by atoms with E-state index in [1.807, 2.05) is 6.92 Å². The molecular formula is C13H26N2O. The van der Waals surface area contributed by atoms with Crippen molar-refractivity contribution >= 4 is 0 Å². The maximum Gasteiger partial charge on any atom is 0.0847 e. The van der Waals surface area contributed by atoms with Gasteiger partial charge in [-0.1, -0.05) is 13.3 Å². The largest absolute Gasteiger partial charge is 0.388 e. The number of piperidine rings is 1. The number of hydrogen-bond acceptors (Lipinski definition) is 3. The van der Waals surface area contributed by atoms with Crippen molar-refractivity contribution in [1.82, 2.24) is 4.90 Å². The van der Waals surface area contributed by atoms with Gasteiger partial charge in [-0.2, -0.15) is 0 Å². The monoisotopic (exact) mass is 226 g/mol. The summed E-state index contributed by atoms with van der Waals surface area (Å²) in [7, 11) is 0. The smallest absolute Gasteiger partial charge is 0.0847 e. The molecule has 0 amide bonds. The highest BCUT2D eigenvalue weighted by molar-refractivity contribution is 5.04. The average Bonchev–Trinajstić information content (AvgIpc) is 3.02. The second-order valence-corrected chi connectivity index (χ2v) is 5.97. The summed E-state index contributed by atoms with van der Waals surface area (Å²) in [5.74, 6) is 0. The van der Waals surface area contributed by atoms with Gasteiger partial charge in [0.15, 0.2) is 0 Å². The fraction of sp³-hybridized carbons (Fsp3) is 1.00. The Kier molecular flexibility index (Phi) is 3.30. The molecule has 1 aliphatic carbocycles. The van der Waals surface area contributed by atoms with Crippen molar-refractivity contribution in [2.45, 2.75) is 69.6 Å². The molecule has 1 saturated carbocycles. The van der Waals surface area contributed by atoms with Crippen LogP contribution in [0.4, 0.5) is 0 Å². The zero-order valence-corrected chi connectivity index (χ0v) is 10.7. The summed E-state index contributed by atoms with van der Waals surface area (Å²) in [6.07, 6.45) is 6.35. The summed E-state index contributed by atoms with van der Waals surface area (Å²) < 4.78 is 0. The summed E-state index contributed by atoms with van der Waals surface area (Å²) in [4.78, 5) is 2.52. The molecule has 1 aliphatic heterocycles.